The number of carbonyl (C=O) groups excluding carboxylic acids is 1. The minimum absolute atomic E-state index is 0.166. The second kappa shape index (κ2) is 5.07. The summed E-state index contributed by atoms with van der Waals surface area (Å²) in [6.45, 7) is 2.32. The van der Waals surface area contributed by atoms with Crippen molar-refractivity contribution in [2.75, 3.05) is 18.0 Å². The van der Waals surface area contributed by atoms with Crippen LogP contribution in [0.15, 0.2) is 22.7 Å². The summed E-state index contributed by atoms with van der Waals surface area (Å²) < 4.78 is 0.931. The van der Waals surface area contributed by atoms with E-state index in [1.54, 1.807) is 6.07 Å². The van der Waals surface area contributed by atoms with Crippen LogP contribution < -0.4 is 10.2 Å². The van der Waals surface area contributed by atoms with Gasteiger partial charge < -0.3 is 10.4 Å². The van der Waals surface area contributed by atoms with E-state index in [0.717, 1.165) is 10.0 Å². The van der Waals surface area contributed by atoms with Gasteiger partial charge in [-0.05, 0) is 30.7 Å². The van der Waals surface area contributed by atoms with Gasteiger partial charge in [0.15, 0.2) is 0 Å². The number of halogens is 1. The van der Waals surface area contributed by atoms with Crippen LogP contribution in [0.2, 0.25) is 0 Å². The van der Waals surface area contributed by atoms with Crippen molar-refractivity contribution in [2.24, 2.45) is 0 Å². The number of nitrogens with one attached hydrogen (secondary N) is 1. The lowest BCUT2D eigenvalue weighted by molar-refractivity contribution is -0.140. The summed E-state index contributed by atoms with van der Waals surface area (Å²) in [6, 6.07) is 4.52. The number of rotatable bonds is 2. The monoisotopic (exact) mass is 312 g/mol. The van der Waals surface area contributed by atoms with Crippen molar-refractivity contribution in [1.82, 2.24) is 5.32 Å². The molecule has 0 aromatic heterocycles. The highest BCUT2D eigenvalue weighted by molar-refractivity contribution is 9.10. The van der Waals surface area contributed by atoms with Gasteiger partial charge in [-0.15, -0.1) is 0 Å². The van der Waals surface area contributed by atoms with Gasteiger partial charge in [0.2, 0.25) is 5.91 Å². The Morgan fingerprint density at radius 2 is 2.28 bits per heavy atom. The van der Waals surface area contributed by atoms with E-state index >= 15 is 0 Å². The molecule has 1 unspecified atom stereocenters. The van der Waals surface area contributed by atoms with Crippen LogP contribution >= 0.6 is 15.9 Å². The molecule has 18 heavy (non-hydrogen) atoms. The number of benzene rings is 1. The Balaban J connectivity index is 2.40. The quantitative estimate of drug-likeness (QED) is 0.859. The van der Waals surface area contributed by atoms with E-state index in [0.29, 0.717) is 5.69 Å². The lowest BCUT2D eigenvalue weighted by Gasteiger charge is -2.33. The molecule has 1 aliphatic heterocycles. The zero-order valence-corrected chi connectivity index (χ0v) is 11.4. The molecule has 1 saturated heterocycles. The van der Waals surface area contributed by atoms with Gasteiger partial charge in [-0.3, -0.25) is 9.69 Å². The lowest BCUT2D eigenvalue weighted by atomic mass is 10.1. The number of piperazine rings is 1. The first-order chi connectivity index (χ1) is 8.50. The number of amides is 1. The molecule has 0 aliphatic carbocycles. The van der Waals surface area contributed by atoms with Crippen LogP contribution in [0.3, 0.4) is 0 Å². The molecule has 1 aromatic carbocycles. The molecule has 2 rings (SSSR count). The molecule has 0 radical (unpaired) electrons. The molecular formula is C12H13BrN2O3. The van der Waals surface area contributed by atoms with Gasteiger partial charge in [0.1, 0.15) is 6.04 Å². The van der Waals surface area contributed by atoms with Crippen LogP contribution in [0.5, 0.6) is 0 Å². The Morgan fingerprint density at radius 3 is 2.89 bits per heavy atom. The first-order valence-corrected chi connectivity index (χ1v) is 6.31. The molecule has 0 spiro atoms. The molecule has 96 valence electrons. The van der Waals surface area contributed by atoms with Crippen LogP contribution in [0.25, 0.3) is 0 Å². The van der Waals surface area contributed by atoms with Gasteiger partial charge in [0.25, 0.3) is 0 Å². The first-order valence-electron chi connectivity index (χ1n) is 5.52. The summed E-state index contributed by atoms with van der Waals surface area (Å²) in [5, 5.41) is 12.0. The summed E-state index contributed by atoms with van der Waals surface area (Å²) >= 11 is 3.38. The topological polar surface area (TPSA) is 69.6 Å². The lowest BCUT2D eigenvalue weighted by Crippen LogP contribution is -2.58. The predicted octanol–water partition coefficient (Wildman–Crippen LogP) is 1.15. The van der Waals surface area contributed by atoms with Crippen molar-refractivity contribution >= 4 is 33.5 Å². The van der Waals surface area contributed by atoms with Crippen molar-refractivity contribution in [3.05, 3.63) is 28.2 Å². The minimum Gasteiger partial charge on any atom is -0.480 e. The fraction of sp³-hybridized carbons (Fsp3) is 0.333. The van der Waals surface area contributed by atoms with E-state index in [1.165, 1.54) is 4.90 Å². The highest BCUT2D eigenvalue weighted by atomic mass is 79.9. The second-order valence-corrected chi connectivity index (χ2v) is 5.04. The molecule has 0 bridgehead atoms. The van der Waals surface area contributed by atoms with Crippen molar-refractivity contribution in [1.29, 1.82) is 0 Å². The standard InChI is InChI=1S/C12H13BrN2O3/c1-7-4-8(2-3-9(7)13)15-10(12(17)18)5-14-6-11(15)16/h2-4,10,14H,5-6H2,1H3,(H,17,18). The predicted molar refractivity (Wildman–Crippen MR) is 70.7 cm³/mol. The molecular weight excluding hydrogens is 300 g/mol. The van der Waals surface area contributed by atoms with E-state index in [1.807, 2.05) is 19.1 Å². The zero-order chi connectivity index (χ0) is 13.3. The molecule has 2 N–H and O–H groups in total. The number of hydrogen-bond donors (Lipinski definition) is 2. The molecule has 1 fully saturated rings. The van der Waals surface area contributed by atoms with Crippen LogP contribution in [-0.2, 0) is 9.59 Å². The van der Waals surface area contributed by atoms with Crippen molar-refractivity contribution in [3.63, 3.8) is 0 Å². The molecule has 0 saturated carbocycles. The number of aryl methyl sites for hydroxylation is 1. The van der Waals surface area contributed by atoms with Gasteiger partial charge in [-0.2, -0.15) is 0 Å². The van der Waals surface area contributed by atoms with Crippen LogP contribution in [0.4, 0.5) is 5.69 Å². The van der Waals surface area contributed by atoms with Crippen LogP contribution in [0.1, 0.15) is 5.56 Å². The number of anilines is 1. The molecule has 6 heteroatoms. The average Bonchev–Trinajstić information content (AvgIpc) is 2.32. The number of aliphatic carboxylic acids is 1. The van der Waals surface area contributed by atoms with Gasteiger partial charge in [-0.1, -0.05) is 15.9 Å². The van der Waals surface area contributed by atoms with Crippen LogP contribution in [0, 0.1) is 6.92 Å². The van der Waals surface area contributed by atoms with E-state index in [9.17, 15) is 9.59 Å². The Labute approximate surface area is 113 Å². The van der Waals surface area contributed by atoms with Crippen molar-refractivity contribution in [2.45, 2.75) is 13.0 Å². The fourth-order valence-electron chi connectivity index (χ4n) is 1.97. The summed E-state index contributed by atoms with van der Waals surface area (Å²) in [5.41, 5.74) is 1.58. The average molecular weight is 313 g/mol. The molecule has 1 aliphatic rings. The summed E-state index contributed by atoms with van der Waals surface area (Å²) in [5.74, 6) is -1.23. The zero-order valence-electron chi connectivity index (χ0n) is 9.81. The minimum atomic E-state index is -1.00. The second-order valence-electron chi connectivity index (χ2n) is 4.18. The third-order valence-corrected chi connectivity index (χ3v) is 3.79. The fourth-order valence-corrected chi connectivity index (χ4v) is 2.21. The number of carboxylic acid groups (broad SMARTS) is 1. The Bertz CT molecular complexity index is 504. The first kappa shape index (κ1) is 13.0. The molecule has 1 aromatic rings. The van der Waals surface area contributed by atoms with E-state index < -0.39 is 12.0 Å². The Morgan fingerprint density at radius 1 is 1.56 bits per heavy atom. The van der Waals surface area contributed by atoms with Gasteiger partial charge in [-0.25, -0.2) is 4.79 Å². The number of carboxylic acids is 1. The number of hydrogen-bond acceptors (Lipinski definition) is 3. The van der Waals surface area contributed by atoms with Gasteiger partial charge >= 0.3 is 5.97 Å². The summed E-state index contributed by atoms with van der Waals surface area (Å²) in [7, 11) is 0. The maximum absolute atomic E-state index is 11.9. The highest BCUT2D eigenvalue weighted by Crippen LogP contribution is 2.25. The summed E-state index contributed by atoms with van der Waals surface area (Å²) in [6.07, 6.45) is 0. The van der Waals surface area contributed by atoms with Crippen molar-refractivity contribution < 1.29 is 14.7 Å². The molecule has 1 heterocycles. The highest BCUT2D eigenvalue weighted by Gasteiger charge is 2.34. The van der Waals surface area contributed by atoms with E-state index in [-0.39, 0.29) is 19.0 Å². The van der Waals surface area contributed by atoms with Crippen LogP contribution in [-0.4, -0.2) is 36.1 Å². The SMILES string of the molecule is Cc1cc(N2C(=O)CNCC2C(=O)O)ccc1Br. The molecule has 1 atom stereocenters. The number of carbonyl (C=O) groups is 2. The third kappa shape index (κ3) is 2.39. The molecule has 5 nitrogen and oxygen atoms in total. The normalized spacial score (nSPS) is 20.0. The maximum Gasteiger partial charge on any atom is 0.328 e. The Kier molecular flexibility index (Phi) is 3.68. The summed E-state index contributed by atoms with van der Waals surface area (Å²) in [4.78, 5) is 24.4. The third-order valence-electron chi connectivity index (χ3n) is 2.90. The van der Waals surface area contributed by atoms with Gasteiger partial charge in [0.05, 0.1) is 6.54 Å². The number of nitrogens with zero attached hydrogens (tertiary/aromatic N) is 1. The van der Waals surface area contributed by atoms with E-state index in [4.69, 9.17) is 5.11 Å². The maximum atomic E-state index is 11.9. The van der Waals surface area contributed by atoms with E-state index in [2.05, 4.69) is 21.2 Å². The smallest absolute Gasteiger partial charge is 0.328 e. The largest absolute Gasteiger partial charge is 0.480 e. The molecule has 1 amide bonds. The van der Waals surface area contributed by atoms with Gasteiger partial charge in [0, 0.05) is 16.7 Å². The Hall–Kier alpha value is -1.40. The van der Waals surface area contributed by atoms with Crippen molar-refractivity contribution in [3.8, 4) is 0 Å².